The molecule has 1 atom stereocenters. The summed E-state index contributed by atoms with van der Waals surface area (Å²) < 4.78 is 0. The lowest BCUT2D eigenvalue weighted by Gasteiger charge is -2.31. The van der Waals surface area contributed by atoms with Gasteiger partial charge in [0.15, 0.2) is 0 Å². The highest BCUT2D eigenvalue weighted by molar-refractivity contribution is 6.33. The van der Waals surface area contributed by atoms with Crippen LogP contribution in [0.2, 0.25) is 0 Å². The molecule has 0 fully saturated rings. The highest BCUT2D eigenvalue weighted by Gasteiger charge is 2.30. The molecule has 1 nitrogen and oxygen atoms in total. The Morgan fingerprint density at radius 2 is 1.47 bits per heavy atom. The average Bonchev–Trinajstić information content (AvgIpc) is 3.05. The van der Waals surface area contributed by atoms with Crippen LogP contribution in [0, 0.1) is 18.8 Å². The molecule has 1 N–H and O–H groups in total. The van der Waals surface area contributed by atoms with Gasteiger partial charge in [0.05, 0.1) is 5.60 Å². The lowest BCUT2D eigenvalue weighted by atomic mass is 9.80. The van der Waals surface area contributed by atoms with Crippen LogP contribution in [0.15, 0.2) is 46.0 Å². The lowest BCUT2D eigenvalue weighted by molar-refractivity contribution is 0.0149. The number of aryl methyl sites for hydroxylation is 1. The van der Waals surface area contributed by atoms with E-state index in [1.54, 1.807) is 0 Å². The van der Waals surface area contributed by atoms with Crippen LogP contribution in [0.4, 0.5) is 0 Å². The molecule has 0 bridgehead atoms. The number of benzene rings is 1. The van der Waals surface area contributed by atoms with Gasteiger partial charge in [-0.25, -0.2) is 0 Å². The van der Waals surface area contributed by atoms with Gasteiger partial charge >= 0.3 is 0 Å². The quantitative estimate of drug-likeness (QED) is 0.210. The molecule has 3 heteroatoms. The second-order valence-electron chi connectivity index (χ2n) is 10.2. The highest BCUT2D eigenvalue weighted by Crippen LogP contribution is 2.36. The minimum absolute atomic E-state index is 0.703. The number of halogens is 2. The molecule has 0 saturated carbocycles. The summed E-state index contributed by atoms with van der Waals surface area (Å²) in [4.78, 5) is 0. The Balaban J connectivity index is 0.000000661. The molecule has 2 rings (SSSR count). The fraction of sp³-hybridized carbons (Fsp3) is 0.600. The minimum atomic E-state index is -0.703. The summed E-state index contributed by atoms with van der Waals surface area (Å²) in [6, 6.07) is 4.27. The SMILES string of the molecule is CC#Cc1c(CC)ccc(C(O)(CCC)CCCC)c1C.CC1=CC=C(Cl)CC=C1Cl.CCCCCCC. The standard InChI is InChI=1S/C20H30O.C8H8Cl2.C7H16/c1-6-10-15-20(21,14-8-3)19-13-12-17(9-4)18(11-7-2)16(19)5;1-6-2-3-7(9)4-5-8(6)10;1-3-5-7-6-4-2/h12-13,21H,6,8-10,14-15H2,1-5H3;2-3,5H,4H2,1H3;3-7H2,1-2H3. The summed E-state index contributed by atoms with van der Waals surface area (Å²) in [6.45, 7) is 16.9. The Labute approximate surface area is 245 Å². The van der Waals surface area contributed by atoms with E-state index in [0.717, 1.165) is 77.3 Å². The molecular formula is C35H54Cl2O. The van der Waals surface area contributed by atoms with Gasteiger partial charge in [0.25, 0.3) is 0 Å². The number of hydrogen-bond acceptors (Lipinski definition) is 1. The second-order valence-corrected chi connectivity index (χ2v) is 11.1. The van der Waals surface area contributed by atoms with E-state index in [2.05, 4.69) is 65.5 Å². The van der Waals surface area contributed by atoms with E-state index in [-0.39, 0.29) is 0 Å². The minimum Gasteiger partial charge on any atom is -0.385 e. The predicted molar refractivity (Wildman–Crippen MR) is 172 cm³/mol. The molecular weight excluding hydrogens is 507 g/mol. The van der Waals surface area contributed by atoms with Crippen LogP contribution < -0.4 is 0 Å². The predicted octanol–water partition coefficient (Wildman–Crippen LogP) is 11.7. The Morgan fingerprint density at radius 3 is 2.00 bits per heavy atom. The molecule has 214 valence electrons. The van der Waals surface area contributed by atoms with E-state index in [1.165, 1.54) is 37.7 Å². The average molecular weight is 562 g/mol. The van der Waals surface area contributed by atoms with Gasteiger partial charge in [-0.2, -0.15) is 0 Å². The van der Waals surface area contributed by atoms with Crippen molar-refractivity contribution in [1.29, 1.82) is 0 Å². The zero-order valence-electron chi connectivity index (χ0n) is 25.6. The van der Waals surface area contributed by atoms with Gasteiger partial charge in [0, 0.05) is 22.0 Å². The summed E-state index contributed by atoms with van der Waals surface area (Å²) in [5, 5.41) is 12.8. The maximum Gasteiger partial charge on any atom is 0.0899 e. The topological polar surface area (TPSA) is 20.2 Å². The van der Waals surface area contributed by atoms with E-state index in [1.807, 2.05) is 32.1 Å². The van der Waals surface area contributed by atoms with Crippen molar-refractivity contribution in [2.75, 3.05) is 0 Å². The van der Waals surface area contributed by atoms with Crippen molar-refractivity contribution in [2.45, 2.75) is 138 Å². The normalized spacial score (nSPS) is 14.1. The molecule has 1 aliphatic rings. The second kappa shape index (κ2) is 21.4. The molecule has 1 aromatic rings. The number of unbranched alkanes of at least 4 members (excludes halogenated alkanes) is 5. The molecule has 0 aliphatic heterocycles. The first-order chi connectivity index (χ1) is 18.1. The fourth-order valence-electron chi connectivity index (χ4n) is 4.53. The number of hydrogen-bond donors (Lipinski definition) is 1. The van der Waals surface area contributed by atoms with E-state index in [9.17, 15) is 5.11 Å². The molecule has 0 spiro atoms. The summed E-state index contributed by atoms with van der Waals surface area (Å²) in [6.07, 6.45) is 19.3. The Kier molecular flexibility index (Phi) is 20.6. The molecule has 0 amide bonds. The molecule has 38 heavy (non-hydrogen) atoms. The van der Waals surface area contributed by atoms with E-state index < -0.39 is 5.60 Å². The van der Waals surface area contributed by atoms with Crippen molar-refractivity contribution in [3.63, 3.8) is 0 Å². The van der Waals surface area contributed by atoms with Gasteiger partial charge in [-0.3, -0.25) is 0 Å². The number of allylic oxidation sites excluding steroid dienone is 6. The maximum absolute atomic E-state index is 11.2. The van der Waals surface area contributed by atoms with Crippen molar-refractivity contribution in [2.24, 2.45) is 0 Å². The first-order valence-corrected chi connectivity index (χ1v) is 15.6. The zero-order chi connectivity index (χ0) is 29.0. The van der Waals surface area contributed by atoms with Gasteiger partial charge in [0.2, 0.25) is 0 Å². The number of aliphatic hydroxyl groups is 1. The highest BCUT2D eigenvalue weighted by atomic mass is 35.5. The third-order valence-corrected chi connectivity index (χ3v) is 7.60. The number of rotatable bonds is 11. The van der Waals surface area contributed by atoms with Crippen LogP contribution in [0.1, 0.15) is 141 Å². The lowest BCUT2D eigenvalue weighted by Crippen LogP contribution is -2.27. The third kappa shape index (κ3) is 13.6. The van der Waals surface area contributed by atoms with Crippen LogP contribution in [0.25, 0.3) is 0 Å². The van der Waals surface area contributed by atoms with Gasteiger partial charge in [-0.05, 0) is 68.4 Å². The Morgan fingerprint density at radius 1 is 0.842 bits per heavy atom. The van der Waals surface area contributed by atoms with Gasteiger partial charge in [0.1, 0.15) is 0 Å². The molecule has 0 radical (unpaired) electrons. The van der Waals surface area contributed by atoms with E-state index in [0.29, 0.717) is 0 Å². The Bertz CT molecular complexity index is 954. The molecule has 1 aromatic carbocycles. The maximum atomic E-state index is 11.2. The fourth-order valence-corrected chi connectivity index (χ4v) is 4.81. The van der Waals surface area contributed by atoms with E-state index in [4.69, 9.17) is 23.2 Å². The van der Waals surface area contributed by atoms with Crippen molar-refractivity contribution in [3.8, 4) is 11.8 Å². The molecule has 1 unspecified atom stereocenters. The van der Waals surface area contributed by atoms with Crippen LogP contribution in [-0.2, 0) is 12.0 Å². The van der Waals surface area contributed by atoms with Crippen LogP contribution in [-0.4, -0.2) is 5.11 Å². The molecule has 0 heterocycles. The van der Waals surface area contributed by atoms with Gasteiger partial charge < -0.3 is 5.11 Å². The smallest absolute Gasteiger partial charge is 0.0899 e. The van der Waals surface area contributed by atoms with Crippen LogP contribution in [0.5, 0.6) is 0 Å². The van der Waals surface area contributed by atoms with Gasteiger partial charge in [-0.15, -0.1) is 5.92 Å². The summed E-state index contributed by atoms with van der Waals surface area (Å²) >= 11 is 11.6. The summed E-state index contributed by atoms with van der Waals surface area (Å²) in [7, 11) is 0. The first kappa shape index (κ1) is 36.5. The van der Waals surface area contributed by atoms with Crippen LogP contribution >= 0.6 is 23.2 Å². The third-order valence-electron chi connectivity index (χ3n) is 6.87. The molecule has 1 aliphatic carbocycles. The molecule has 0 aromatic heterocycles. The summed E-state index contributed by atoms with van der Waals surface area (Å²) in [5.41, 5.74) is 5.00. The van der Waals surface area contributed by atoms with Crippen molar-refractivity contribution in [1.82, 2.24) is 0 Å². The Hall–Kier alpha value is -1.46. The largest absolute Gasteiger partial charge is 0.385 e. The van der Waals surface area contributed by atoms with Crippen molar-refractivity contribution in [3.05, 3.63) is 68.3 Å². The van der Waals surface area contributed by atoms with E-state index >= 15 is 0 Å². The van der Waals surface area contributed by atoms with Crippen molar-refractivity contribution < 1.29 is 5.11 Å². The zero-order valence-corrected chi connectivity index (χ0v) is 27.1. The monoisotopic (exact) mass is 560 g/mol. The first-order valence-electron chi connectivity index (χ1n) is 14.8. The van der Waals surface area contributed by atoms with Crippen LogP contribution in [0.3, 0.4) is 0 Å². The summed E-state index contributed by atoms with van der Waals surface area (Å²) in [5.74, 6) is 6.27. The molecule has 0 saturated heterocycles. The van der Waals surface area contributed by atoms with Gasteiger partial charge in [-0.1, -0.05) is 139 Å². The van der Waals surface area contributed by atoms with Crippen molar-refractivity contribution >= 4 is 23.2 Å².